The largest absolute Gasteiger partial charge is 0.274 e. The summed E-state index contributed by atoms with van der Waals surface area (Å²) in [6.45, 7) is 7.51. The number of halogens is 2. The molecule has 0 spiro atoms. The number of benzene rings is 2. The predicted molar refractivity (Wildman–Crippen MR) is 106 cm³/mol. The van der Waals surface area contributed by atoms with Crippen LogP contribution in [0.1, 0.15) is 47.1 Å². The van der Waals surface area contributed by atoms with E-state index in [-0.39, 0.29) is 22.4 Å². The number of hydrogen-bond acceptors (Lipinski definition) is 2. The zero-order valence-corrected chi connectivity index (χ0v) is 17.0. The Morgan fingerprint density at radius 2 is 1.50 bits per heavy atom. The van der Waals surface area contributed by atoms with Gasteiger partial charge in [-0.3, -0.25) is 9.59 Å². The number of hydrogen-bond donors (Lipinski definition) is 0. The van der Waals surface area contributed by atoms with Crippen molar-refractivity contribution in [3.63, 3.8) is 0 Å². The molecule has 0 saturated heterocycles. The Balaban J connectivity index is 2.42. The first-order valence-corrected chi connectivity index (χ1v) is 8.92. The van der Waals surface area contributed by atoms with E-state index in [0.717, 1.165) is 5.56 Å². The van der Waals surface area contributed by atoms with Gasteiger partial charge in [0.1, 0.15) is 0 Å². The Hall–Kier alpha value is -2.04. The van der Waals surface area contributed by atoms with Crippen LogP contribution in [0.15, 0.2) is 42.5 Å². The van der Waals surface area contributed by atoms with Crippen molar-refractivity contribution in [2.75, 3.05) is 7.05 Å². The molecule has 2 aromatic carbocycles. The first-order chi connectivity index (χ1) is 12.0. The van der Waals surface area contributed by atoms with Gasteiger partial charge in [0.2, 0.25) is 0 Å². The second-order valence-corrected chi connectivity index (χ2v) is 7.95. The fourth-order valence-corrected chi connectivity index (χ4v) is 3.13. The fourth-order valence-electron chi connectivity index (χ4n) is 2.64. The zero-order valence-electron chi connectivity index (χ0n) is 15.5. The third-order valence-corrected chi connectivity index (χ3v) is 4.43. The quantitative estimate of drug-likeness (QED) is 0.656. The summed E-state index contributed by atoms with van der Waals surface area (Å²) in [7, 11) is 1.58. The molecule has 0 bridgehead atoms. The highest BCUT2D eigenvalue weighted by molar-refractivity contribution is 6.36. The third kappa shape index (κ3) is 4.37. The lowest BCUT2D eigenvalue weighted by atomic mass is 10.1. The number of nitrogens with zero attached hydrogens (tertiary/aromatic N) is 2. The van der Waals surface area contributed by atoms with E-state index in [2.05, 4.69) is 0 Å². The summed E-state index contributed by atoms with van der Waals surface area (Å²) in [5.41, 5.74) is 1.20. The molecule has 0 aliphatic heterocycles. The first kappa shape index (κ1) is 20.3. The van der Waals surface area contributed by atoms with Gasteiger partial charge in [0.25, 0.3) is 11.8 Å². The van der Waals surface area contributed by atoms with Crippen molar-refractivity contribution in [2.24, 2.45) is 0 Å². The van der Waals surface area contributed by atoms with E-state index in [1.165, 1.54) is 16.1 Å². The summed E-state index contributed by atoms with van der Waals surface area (Å²) in [6, 6.07) is 11.9. The maximum absolute atomic E-state index is 13.2. The molecule has 2 rings (SSSR count). The molecule has 0 aliphatic carbocycles. The molecule has 0 atom stereocenters. The van der Waals surface area contributed by atoms with Gasteiger partial charge in [0, 0.05) is 17.6 Å². The van der Waals surface area contributed by atoms with Crippen LogP contribution in [0.2, 0.25) is 10.0 Å². The molecule has 0 aromatic heterocycles. The molecule has 4 nitrogen and oxygen atoms in total. The van der Waals surface area contributed by atoms with Crippen LogP contribution in [-0.4, -0.2) is 34.4 Å². The van der Waals surface area contributed by atoms with Gasteiger partial charge in [-0.1, -0.05) is 40.9 Å². The van der Waals surface area contributed by atoms with E-state index in [1.807, 2.05) is 39.8 Å². The maximum Gasteiger partial charge on any atom is 0.274 e. The van der Waals surface area contributed by atoms with Crippen molar-refractivity contribution in [3.05, 3.63) is 69.2 Å². The number of carbonyl (C=O) groups is 2. The van der Waals surface area contributed by atoms with E-state index in [9.17, 15) is 9.59 Å². The van der Waals surface area contributed by atoms with Crippen LogP contribution >= 0.6 is 23.2 Å². The Morgan fingerprint density at radius 3 is 2.00 bits per heavy atom. The molecule has 0 heterocycles. The summed E-state index contributed by atoms with van der Waals surface area (Å²) in [6.07, 6.45) is 0. The molecule has 0 aliphatic rings. The van der Waals surface area contributed by atoms with Gasteiger partial charge in [-0.2, -0.15) is 0 Å². The summed E-state index contributed by atoms with van der Waals surface area (Å²) in [5, 5.41) is 3.42. The first-order valence-electron chi connectivity index (χ1n) is 8.16. The monoisotopic (exact) mass is 392 g/mol. The molecule has 0 unspecified atom stereocenters. The standard InChI is InChI=1S/C20H22Cl2N2O2/c1-13-6-8-14(9-7-13)18(25)23(5)24(20(2,3)4)19(26)16-11-10-15(21)12-17(16)22/h6-12H,1-5H3. The van der Waals surface area contributed by atoms with Gasteiger partial charge < -0.3 is 0 Å². The molecule has 0 radical (unpaired) electrons. The van der Waals surface area contributed by atoms with Crippen molar-refractivity contribution in [3.8, 4) is 0 Å². The number of aryl methyl sites for hydroxylation is 1. The van der Waals surface area contributed by atoms with Gasteiger partial charge in [-0.15, -0.1) is 0 Å². The van der Waals surface area contributed by atoms with Crippen LogP contribution in [-0.2, 0) is 0 Å². The predicted octanol–water partition coefficient (Wildman–Crippen LogP) is 5.23. The third-order valence-electron chi connectivity index (χ3n) is 3.88. The highest BCUT2D eigenvalue weighted by atomic mass is 35.5. The molecular weight excluding hydrogens is 371 g/mol. The average Bonchev–Trinajstić information content (AvgIpc) is 2.53. The van der Waals surface area contributed by atoms with E-state index < -0.39 is 5.54 Å². The smallest absolute Gasteiger partial charge is 0.267 e. The molecule has 26 heavy (non-hydrogen) atoms. The van der Waals surface area contributed by atoms with Gasteiger partial charge in [0.15, 0.2) is 0 Å². The van der Waals surface area contributed by atoms with Crippen molar-refractivity contribution in [1.82, 2.24) is 10.0 Å². The Morgan fingerprint density at radius 1 is 0.923 bits per heavy atom. The van der Waals surface area contributed by atoms with Crippen LogP contribution in [0.4, 0.5) is 0 Å². The van der Waals surface area contributed by atoms with Crippen LogP contribution in [0, 0.1) is 6.92 Å². The molecule has 0 N–H and O–H groups in total. The molecule has 2 amide bonds. The highest BCUT2D eigenvalue weighted by Gasteiger charge is 2.34. The number of rotatable bonds is 2. The molecule has 0 fully saturated rings. The van der Waals surface area contributed by atoms with E-state index >= 15 is 0 Å². The molecule has 6 heteroatoms. The minimum Gasteiger partial charge on any atom is -0.267 e. The molecule has 2 aromatic rings. The van der Waals surface area contributed by atoms with Gasteiger partial charge in [-0.05, 0) is 58.0 Å². The van der Waals surface area contributed by atoms with E-state index in [4.69, 9.17) is 23.2 Å². The summed E-state index contributed by atoms with van der Waals surface area (Å²) < 4.78 is 0. The lowest BCUT2D eigenvalue weighted by Crippen LogP contribution is -2.56. The van der Waals surface area contributed by atoms with Crippen molar-refractivity contribution < 1.29 is 9.59 Å². The van der Waals surface area contributed by atoms with E-state index in [0.29, 0.717) is 10.6 Å². The normalized spacial score (nSPS) is 11.2. The average molecular weight is 393 g/mol. The SMILES string of the molecule is Cc1ccc(C(=O)N(C)N(C(=O)c2ccc(Cl)cc2Cl)C(C)(C)C)cc1. The van der Waals surface area contributed by atoms with Gasteiger partial charge >= 0.3 is 0 Å². The van der Waals surface area contributed by atoms with Crippen molar-refractivity contribution >= 4 is 35.0 Å². The van der Waals surface area contributed by atoms with E-state index in [1.54, 1.807) is 31.3 Å². The minimum absolute atomic E-state index is 0.243. The minimum atomic E-state index is -0.644. The molecule has 138 valence electrons. The van der Waals surface area contributed by atoms with Crippen LogP contribution < -0.4 is 0 Å². The second kappa shape index (κ2) is 7.68. The van der Waals surface area contributed by atoms with Crippen LogP contribution in [0.25, 0.3) is 0 Å². The topological polar surface area (TPSA) is 40.6 Å². The second-order valence-electron chi connectivity index (χ2n) is 7.11. The number of amides is 2. The Labute approximate surface area is 164 Å². The summed E-state index contributed by atoms with van der Waals surface area (Å²) in [4.78, 5) is 26.1. The van der Waals surface area contributed by atoms with Gasteiger partial charge in [0.05, 0.1) is 16.1 Å². The molecule has 0 saturated carbocycles. The zero-order chi connectivity index (χ0) is 19.6. The number of hydrazine groups is 1. The van der Waals surface area contributed by atoms with Gasteiger partial charge in [-0.25, -0.2) is 10.0 Å². The summed E-state index contributed by atoms with van der Waals surface area (Å²) in [5.74, 6) is -0.652. The summed E-state index contributed by atoms with van der Waals surface area (Å²) >= 11 is 12.1. The maximum atomic E-state index is 13.2. The number of carbonyl (C=O) groups excluding carboxylic acids is 2. The van der Waals surface area contributed by atoms with Crippen LogP contribution in [0.5, 0.6) is 0 Å². The fraction of sp³-hybridized carbons (Fsp3) is 0.300. The lowest BCUT2D eigenvalue weighted by molar-refractivity contribution is -0.0307. The Kier molecular flexibility index (Phi) is 5.99. The van der Waals surface area contributed by atoms with Crippen LogP contribution in [0.3, 0.4) is 0 Å². The molecular formula is C20H22Cl2N2O2. The highest BCUT2D eigenvalue weighted by Crippen LogP contribution is 2.26. The van der Waals surface area contributed by atoms with Crippen molar-refractivity contribution in [1.29, 1.82) is 0 Å². The lowest BCUT2D eigenvalue weighted by Gasteiger charge is -2.41. The van der Waals surface area contributed by atoms with Crippen molar-refractivity contribution in [2.45, 2.75) is 33.2 Å². The Bertz CT molecular complexity index is 827.